The van der Waals surface area contributed by atoms with Gasteiger partial charge in [0.1, 0.15) is 0 Å². The molecule has 3 aromatic carbocycles. The average molecular weight is 351 g/mol. The van der Waals surface area contributed by atoms with Crippen molar-refractivity contribution in [3.63, 3.8) is 0 Å². The zero-order valence-corrected chi connectivity index (χ0v) is 15.6. The molecule has 4 aromatic rings. The van der Waals surface area contributed by atoms with Crippen LogP contribution in [0.5, 0.6) is 0 Å². The number of hydrogen-bond donors (Lipinski definition) is 1. The molecule has 0 spiro atoms. The van der Waals surface area contributed by atoms with Crippen molar-refractivity contribution in [2.24, 2.45) is 0 Å². The van der Waals surface area contributed by atoms with E-state index in [0.717, 1.165) is 13.0 Å². The van der Waals surface area contributed by atoms with Crippen LogP contribution in [0.25, 0.3) is 22.0 Å². The number of fused-ring (bicyclic) bond motifs is 1. The Labute approximate surface area is 160 Å². The van der Waals surface area contributed by atoms with Crippen LogP contribution in [0.2, 0.25) is 0 Å². The SMILES string of the molecule is Cc1ccc[c]c1N1CCCC1c1[nH]c2ccccc2c1-c1ccccc1. The van der Waals surface area contributed by atoms with Gasteiger partial charge in [0.2, 0.25) is 0 Å². The van der Waals surface area contributed by atoms with Crippen LogP contribution < -0.4 is 4.90 Å². The molecule has 1 aliphatic rings. The fourth-order valence-corrected chi connectivity index (χ4v) is 4.48. The fraction of sp³-hybridized carbons (Fsp3) is 0.200. The normalized spacial score (nSPS) is 16.9. The van der Waals surface area contributed by atoms with Crippen LogP contribution in [0.15, 0.2) is 72.8 Å². The lowest BCUT2D eigenvalue weighted by atomic mass is 9.97. The third-order valence-corrected chi connectivity index (χ3v) is 5.71. The molecule has 1 radical (unpaired) electrons. The molecule has 1 aromatic heterocycles. The van der Waals surface area contributed by atoms with Crippen LogP contribution in [0, 0.1) is 13.0 Å². The largest absolute Gasteiger partial charge is 0.362 e. The Morgan fingerprint density at radius 3 is 2.63 bits per heavy atom. The summed E-state index contributed by atoms with van der Waals surface area (Å²) in [7, 11) is 0. The Morgan fingerprint density at radius 1 is 0.963 bits per heavy atom. The summed E-state index contributed by atoms with van der Waals surface area (Å²) in [6.45, 7) is 3.26. The van der Waals surface area contributed by atoms with Crippen molar-refractivity contribution in [2.75, 3.05) is 11.4 Å². The molecule has 1 unspecified atom stereocenters. The lowest BCUT2D eigenvalue weighted by Gasteiger charge is -2.28. The maximum Gasteiger partial charge on any atom is 0.0699 e. The fourth-order valence-electron chi connectivity index (χ4n) is 4.48. The quantitative estimate of drug-likeness (QED) is 0.460. The van der Waals surface area contributed by atoms with E-state index >= 15 is 0 Å². The van der Waals surface area contributed by atoms with E-state index in [1.54, 1.807) is 0 Å². The van der Waals surface area contributed by atoms with Crippen LogP contribution in [-0.2, 0) is 0 Å². The minimum atomic E-state index is 0.352. The molecule has 2 heteroatoms. The highest BCUT2D eigenvalue weighted by Crippen LogP contribution is 2.43. The van der Waals surface area contributed by atoms with Crippen molar-refractivity contribution in [1.82, 2.24) is 4.98 Å². The van der Waals surface area contributed by atoms with E-state index in [1.807, 2.05) is 6.07 Å². The van der Waals surface area contributed by atoms with E-state index in [0.29, 0.717) is 6.04 Å². The van der Waals surface area contributed by atoms with Gasteiger partial charge in [-0.05, 0) is 37.0 Å². The Morgan fingerprint density at radius 2 is 1.78 bits per heavy atom. The molecule has 0 saturated carbocycles. The first-order valence-corrected chi connectivity index (χ1v) is 9.73. The molecule has 133 valence electrons. The molecule has 1 N–H and O–H groups in total. The number of benzene rings is 3. The Hall–Kier alpha value is -3.00. The molecule has 2 nitrogen and oxygen atoms in total. The van der Waals surface area contributed by atoms with Crippen LogP contribution in [0.3, 0.4) is 0 Å². The molecule has 1 fully saturated rings. The molecule has 2 heterocycles. The highest BCUT2D eigenvalue weighted by molar-refractivity contribution is 5.98. The maximum atomic E-state index is 3.77. The number of H-pyrrole nitrogens is 1. The predicted molar refractivity (Wildman–Crippen MR) is 113 cm³/mol. The lowest BCUT2D eigenvalue weighted by molar-refractivity contribution is 0.701. The first-order chi connectivity index (χ1) is 13.3. The zero-order valence-electron chi connectivity index (χ0n) is 15.6. The predicted octanol–water partition coefficient (Wildman–Crippen LogP) is 6.29. The highest BCUT2D eigenvalue weighted by Gasteiger charge is 2.31. The molecule has 27 heavy (non-hydrogen) atoms. The van der Waals surface area contributed by atoms with Gasteiger partial charge in [0.25, 0.3) is 0 Å². The van der Waals surface area contributed by atoms with E-state index in [9.17, 15) is 0 Å². The summed E-state index contributed by atoms with van der Waals surface area (Å²) >= 11 is 0. The summed E-state index contributed by atoms with van der Waals surface area (Å²) in [6, 6.07) is 29.6. The minimum absolute atomic E-state index is 0.352. The van der Waals surface area contributed by atoms with Crippen LogP contribution in [0.1, 0.15) is 30.1 Å². The van der Waals surface area contributed by atoms with Crippen molar-refractivity contribution in [1.29, 1.82) is 0 Å². The number of rotatable bonds is 3. The van der Waals surface area contributed by atoms with Gasteiger partial charge in [-0.1, -0.05) is 66.7 Å². The van der Waals surface area contributed by atoms with Gasteiger partial charge in [0, 0.05) is 40.5 Å². The van der Waals surface area contributed by atoms with Crippen molar-refractivity contribution >= 4 is 16.6 Å². The van der Waals surface area contributed by atoms with E-state index in [4.69, 9.17) is 0 Å². The molecule has 1 saturated heterocycles. The zero-order chi connectivity index (χ0) is 18.2. The Kier molecular flexibility index (Phi) is 3.97. The van der Waals surface area contributed by atoms with Gasteiger partial charge in [-0.25, -0.2) is 0 Å². The van der Waals surface area contributed by atoms with Crippen molar-refractivity contribution < 1.29 is 0 Å². The van der Waals surface area contributed by atoms with Gasteiger partial charge in [-0.3, -0.25) is 0 Å². The lowest BCUT2D eigenvalue weighted by Crippen LogP contribution is -2.24. The third kappa shape index (κ3) is 2.73. The summed E-state index contributed by atoms with van der Waals surface area (Å²) in [5, 5.41) is 1.30. The second-order valence-corrected chi connectivity index (χ2v) is 7.38. The maximum absolute atomic E-state index is 3.77. The topological polar surface area (TPSA) is 19.0 Å². The van der Waals surface area contributed by atoms with Gasteiger partial charge in [0.05, 0.1) is 6.04 Å². The van der Waals surface area contributed by atoms with Crippen molar-refractivity contribution in [3.05, 3.63) is 90.1 Å². The number of aromatic nitrogens is 1. The second kappa shape index (κ2) is 6.62. The monoisotopic (exact) mass is 351 g/mol. The smallest absolute Gasteiger partial charge is 0.0699 e. The number of aryl methyl sites for hydroxylation is 1. The van der Waals surface area contributed by atoms with Gasteiger partial charge in [-0.2, -0.15) is 0 Å². The molecule has 5 rings (SSSR count). The van der Waals surface area contributed by atoms with E-state index in [1.165, 1.54) is 45.4 Å². The Bertz CT molecular complexity index is 1080. The molecule has 0 bridgehead atoms. The summed E-state index contributed by atoms with van der Waals surface area (Å²) < 4.78 is 0. The Balaban J connectivity index is 1.70. The number of nitrogens with zero attached hydrogens (tertiary/aromatic N) is 1. The average Bonchev–Trinajstić information content (AvgIpc) is 3.33. The summed E-state index contributed by atoms with van der Waals surface area (Å²) in [5.74, 6) is 0. The molecule has 1 atom stereocenters. The first-order valence-electron chi connectivity index (χ1n) is 9.73. The standard InChI is InChI=1S/C25H23N2/c1-18-10-5-8-15-22(18)27-17-9-16-23(27)25-24(19-11-3-2-4-12-19)20-13-6-7-14-21(20)26-25/h2-8,10-14,23,26H,9,16-17H2,1H3. The summed E-state index contributed by atoms with van der Waals surface area (Å²) in [6.07, 6.45) is 2.37. The number of aromatic amines is 1. The van der Waals surface area contributed by atoms with Crippen molar-refractivity contribution in [2.45, 2.75) is 25.8 Å². The molecule has 0 aliphatic carbocycles. The van der Waals surface area contributed by atoms with E-state index < -0.39 is 0 Å². The first kappa shape index (κ1) is 16.2. The summed E-state index contributed by atoms with van der Waals surface area (Å²) in [5.41, 5.74) is 7.70. The summed E-state index contributed by atoms with van der Waals surface area (Å²) in [4.78, 5) is 6.30. The number of hydrogen-bond acceptors (Lipinski definition) is 1. The molecular formula is C25H23N2. The van der Waals surface area contributed by atoms with Crippen molar-refractivity contribution in [3.8, 4) is 11.1 Å². The van der Waals surface area contributed by atoms with Crippen LogP contribution in [-0.4, -0.2) is 11.5 Å². The second-order valence-electron chi connectivity index (χ2n) is 7.38. The number of para-hydroxylation sites is 2. The van der Waals surface area contributed by atoms with Crippen LogP contribution in [0.4, 0.5) is 5.69 Å². The highest BCUT2D eigenvalue weighted by atomic mass is 15.2. The molecular weight excluding hydrogens is 328 g/mol. The number of anilines is 1. The van der Waals surface area contributed by atoms with Gasteiger partial charge in [0.15, 0.2) is 0 Å². The minimum Gasteiger partial charge on any atom is -0.362 e. The van der Waals surface area contributed by atoms with Crippen LogP contribution >= 0.6 is 0 Å². The van der Waals surface area contributed by atoms with Gasteiger partial charge in [-0.15, -0.1) is 0 Å². The van der Waals surface area contributed by atoms with E-state index in [-0.39, 0.29) is 0 Å². The van der Waals surface area contributed by atoms with E-state index in [2.05, 4.69) is 89.6 Å². The molecule has 0 amide bonds. The third-order valence-electron chi connectivity index (χ3n) is 5.71. The van der Waals surface area contributed by atoms with Gasteiger partial charge < -0.3 is 9.88 Å². The van der Waals surface area contributed by atoms with Gasteiger partial charge >= 0.3 is 0 Å². The number of nitrogens with one attached hydrogen (secondary N) is 1. The molecule has 1 aliphatic heterocycles.